The maximum absolute atomic E-state index is 12.1. The molecular weight excluding hydrogens is 307 g/mol. The lowest BCUT2D eigenvalue weighted by Gasteiger charge is -2.35. The van der Waals surface area contributed by atoms with Gasteiger partial charge in [-0.25, -0.2) is 4.72 Å². The molecule has 0 radical (unpaired) electrons. The lowest BCUT2D eigenvalue weighted by atomic mass is 10.0. The second-order valence-corrected chi connectivity index (χ2v) is 7.30. The molecule has 9 heteroatoms. The van der Waals surface area contributed by atoms with Gasteiger partial charge in [0.05, 0.1) is 6.42 Å². The van der Waals surface area contributed by atoms with Gasteiger partial charge in [0.1, 0.15) is 0 Å². The van der Waals surface area contributed by atoms with E-state index < -0.39 is 29.4 Å². The molecule has 0 aromatic heterocycles. The molecule has 21 heavy (non-hydrogen) atoms. The van der Waals surface area contributed by atoms with Gasteiger partial charge in [0.2, 0.25) is 0 Å². The van der Waals surface area contributed by atoms with Crippen LogP contribution in [0.25, 0.3) is 0 Å². The van der Waals surface area contributed by atoms with Crippen molar-refractivity contribution < 1.29 is 21.6 Å². The fourth-order valence-corrected chi connectivity index (χ4v) is 3.74. The molecule has 5 nitrogen and oxygen atoms in total. The van der Waals surface area contributed by atoms with Crippen molar-refractivity contribution >= 4 is 10.2 Å². The highest BCUT2D eigenvalue weighted by atomic mass is 32.2. The van der Waals surface area contributed by atoms with Crippen LogP contribution in [0, 0.1) is 0 Å². The molecule has 1 aliphatic rings. The van der Waals surface area contributed by atoms with Gasteiger partial charge in [-0.2, -0.15) is 25.9 Å². The van der Waals surface area contributed by atoms with Crippen molar-refractivity contribution in [3.05, 3.63) is 0 Å². The van der Waals surface area contributed by atoms with Gasteiger partial charge in [-0.05, 0) is 12.8 Å². The van der Waals surface area contributed by atoms with Crippen molar-refractivity contribution in [3.63, 3.8) is 0 Å². The van der Waals surface area contributed by atoms with E-state index in [0.717, 1.165) is 19.3 Å². The maximum Gasteiger partial charge on any atom is 0.390 e. The van der Waals surface area contributed by atoms with Gasteiger partial charge in [0.15, 0.2) is 0 Å². The lowest BCUT2D eigenvalue weighted by molar-refractivity contribution is -0.132. The van der Waals surface area contributed by atoms with Crippen molar-refractivity contribution in [1.82, 2.24) is 14.3 Å². The third-order valence-electron chi connectivity index (χ3n) is 3.34. The molecule has 0 amide bonds. The topological polar surface area (TPSA) is 61.4 Å². The number of alkyl halides is 3. The van der Waals surface area contributed by atoms with Gasteiger partial charge in [-0.15, -0.1) is 0 Å². The van der Waals surface area contributed by atoms with Crippen LogP contribution in [0.4, 0.5) is 13.2 Å². The summed E-state index contributed by atoms with van der Waals surface area (Å²) in [5.41, 5.74) is 0. The van der Waals surface area contributed by atoms with E-state index in [9.17, 15) is 21.6 Å². The molecule has 1 fully saturated rings. The summed E-state index contributed by atoms with van der Waals surface area (Å²) in [7, 11) is -3.86. The average Bonchev–Trinajstić information content (AvgIpc) is 2.34. The van der Waals surface area contributed by atoms with E-state index in [1.165, 1.54) is 4.31 Å². The molecule has 2 N–H and O–H groups in total. The normalized spacial score (nSPS) is 21.9. The average molecular weight is 331 g/mol. The zero-order valence-electron chi connectivity index (χ0n) is 12.4. The summed E-state index contributed by atoms with van der Waals surface area (Å²) in [6.07, 6.45) is -3.13. The molecule has 1 heterocycles. The molecule has 1 atom stereocenters. The Hall–Kier alpha value is -0.380. The van der Waals surface area contributed by atoms with Gasteiger partial charge in [0.25, 0.3) is 10.2 Å². The number of rotatable bonds is 7. The van der Waals surface area contributed by atoms with Crippen LogP contribution >= 0.6 is 0 Å². The molecule has 1 aliphatic heterocycles. The first-order valence-electron chi connectivity index (χ1n) is 7.18. The molecule has 126 valence electrons. The van der Waals surface area contributed by atoms with Crippen molar-refractivity contribution in [2.24, 2.45) is 0 Å². The molecule has 0 aromatic carbocycles. The number of halogens is 3. The van der Waals surface area contributed by atoms with E-state index in [1.807, 2.05) is 13.8 Å². The highest BCUT2D eigenvalue weighted by Gasteiger charge is 2.33. The fraction of sp³-hybridized carbons (Fsp3) is 1.00. The first-order chi connectivity index (χ1) is 9.62. The number of nitrogens with one attached hydrogen (secondary N) is 2. The second kappa shape index (κ2) is 7.75. The number of nitrogens with zero attached hydrogens (tertiary/aromatic N) is 1. The summed E-state index contributed by atoms with van der Waals surface area (Å²) < 4.78 is 63.9. The molecule has 1 unspecified atom stereocenters. The summed E-state index contributed by atoms with van der Waals surface area (Å²) in [6.45, 7) is 4.17. The van der Waals surface area contributed by atoms with Crippen LogP contribution in [-0.2, 0) is 10.2 Å². The Morgan fingerprint density at radius 1 is 1.29 bits per heavy atom. The standard InChI is InChI=1S/C12H24F3N3O2S/c1-10(2)16-9-11-5-3-4-8-18(11)21(19,20)17-7-6-12(13,14)15/h10-11,16-17H,3-9H2,1-2H3. The van der Waals surface area contributed by atoms with E-state index in [-0.39, 0.29) is 12.1 Å². The van der Waals surface area contributed by atoms with E-state index in [1.54, 1.807) is 0 Å². The summed E-state index contributed by atoms with van der Waals surface area (Å²) >= 11 is 0. The zero-order chi connectivity index (χ0) is 16.1. The van der Waals surface area contributed by atoms with E-state index >= 15 is 0 Å². The predicted molar refractivity (Wildman–Crippen MR) is 75.1 cm³/mol. The van der Waals surface area contributed by atoms with Crippen LogP contribution < -0.4 is 10.0 Å². The first-order valence-corrected chi connectivity index (χ1v) is 8.62. The molecule has 1 rings (SSSR count). The minimum absolute atomic E-state index is 0.204. The van der Waals surface area contributed by atoms with Crippen molar-refractivity contribution in [2.75, 3.05) is 19.6 Å². The fourth-order valence-electron chi connectivity index (χ4n) is 2.27. The Kier molecular flexibility index (Phi) is 6.89. The predicted octanol–water partition coefficient (Wildman–Crippen LogP) is 1.63. The van der Waals surface area contributed by atoms with Gasteiger partial charge in [-0.3, -0.25) is 0 Å². The first kappa shape index (κ1) is 18.7. The zero-order valence-corrected chi connectivity index (χ0v) is 13.2. The maximum atomic E-state index is 12.1. The molecule has 0 spiro atoms. The summed E-state index contributed by atoms with van der Waals surface area (Å²) in [6, 6.07) is 0.0270. The van der Waals surface area contributed by atoms with Gasteiger partial charge < -0.3 is 5.32 Å². The quantitative estimate of drug-likeness (QED) is 0.745. The largest absolute Gasteiger partial charge is 0.390 e. The van der Waals surface area contributed by atoms with Gasteiger partial charge in [-0.1, -0.05) is 20.3 Å². The molecule has 1 saturated heterocycles. The van der Waals surface area contributed by atoms with Crippen molar-refractivity contribution in [1.29, 1.82) is 0 Å². The lowest BCUT2D eigenvalue weighted by Crippen LogP contribution is -2.53. The Bertz CT molecular complexity index is 412. The third kappa shape index (κ3) is 6.94. The van der Waals surface area contributed by atoms with Crippen molar-refractivity contribution in [2.45, 2.75) is 57.8 Å². The second-order valence-electron chi connectivity index (χ2n) is 5.59. The van der Waals surface area contributed by atoms with Crippen LogP contribution in [0.1, 0.15) is 39.5 Å². The highest BCUT2D eigenvalue weighted by molar-refractivity contribution is 7.87. The molecule has 0 saturated carbocycles. The number of hydrogen-bond acceptors (Lipinski definition) is 3. The minimum atomic E-state index is -4.36. The van der Waals surface area contributed by atoms with E-state index in [2.05, 4.69) is 10.0 Å². The van der Waals surface area contributed by atoms with E-state index in [0.29, 0.717) is 13.1 Å². The van der Waals surface area contributed by atoms with Crippen LogP contribution in [0.5, 0.6) is 0 Å². The van der Waals surface area contributed by atoms with Crippen LogP contribution in [-0.4, -0.2) is 50.6 Å². The third-order valence-corrected chi connectivity index (χ3v) is 5.00. The molecular formula is C12H24F3N3O2S. The molecule has 0 aromatic rings. The summed E-state index contributed by atoms with van der Waals surface area (Å²) in [5.74, 6) is 0. The van der Waals surface area contributed by atoms with Crippen molar-refractivity contribution in [3.8, 4) is 0 Å². The Morgan fingerprint density at radius 3 is 2.52 bits per heavy atom. The minimum Gasteiger partial charge on any atom is -0.313 e. The Morgan fingerprint density at radius 2 is 1.95 bits per heavy atom. The molecule has 0 aliphatic carbocycles. The number of hydrogen-bond donors (Lipinski definition) is 2. The van der Waals surface area contributed by atoms with E-state index in [4.69, 9.17) is 0 Å². The van der Waals surface area contributed by atoms with Gasteiger partial charge >= 0.3 is 6.18 Å². The van der Waals surface area contributed by atoms with Crippen LogP contribution in [0.15, 0.2) is 0 Å². The smallest absolute Gasteiger partial charge is 0.313 e. The monoisotopic (exact) mass is 331 g/mol. The van der Waals surface area contributed by atoms with Crippen LogP contribution in [0.2, 0.25) is 0 Å². The summed E-state index contributed by atoms with van der Waals surface area (Å²) in [4.78, 5) is 0. The number of piperidine rings is 1. The Labute approximate surface area is 124 Å². The van der Waals surface area contributed by atoms with Gasteiger partial charge in [0, 0.05) is 31.7 Å². The Balaban J connectivity index is 2.60. The summed E-state index contributed by atoms with van der Waals surface area (Å²) in [5, 5.41) is 3.18. The highest BCUT2D eigenvalue weighted by Crippen LogP contribution is 2.21. The van der Waals surface area contributed by atoms with Crippen LogP contribution in [0.3, 0.4) is 0 Å². The SMILES string of the molecule is CC(C)NCC1CCCCN1S(=O)(=O)NCCC(F)(F)F. The molecule has 0 bridgehead atoms.